The van der Waals surface area contributed by atoms with Crippen molar-refractivity contribution in [3.8, 4) is 0 Å². The summed E-state index contributed by atoms with van der Waals surface area (Å²) in [5, 5.41) is 0. The summed E-state index contributed by atoms with van der Waals surface area (Å²) in [6.45, 7) is 7.73. The molecule has 0 saturated carbocycles. The van der Waals surface area contributed by atoms with E-state index in [9.17, 15) is 9.59 Å². The molecule has 0 amide bonds. The number of ether oxygens (including phenoxy) is 3. The number of hydrogen-bond acceptors (Lipinski definition) is 5. The van der Waals surface area contributed by atoms with Gasteiger partial charge in [0.2, 0.25) is 0 Å². The molecular formula is C63H114O5. The first-order chi connectivity index (χ1) is 33.6. The van der Waals surface area contributed by atoms with Crippen LogP contribution in [0, 0.1) is 0 Å². The van der Waals surface area contributed by atoms with Crippen LogP contribution < -0.4 is 0 Å². The van der Waals surface area contributed by atoms with Crippen LogP contribution in [0.1, 0.15) is 303 Å². The average Bonchev–Trinajstić information content (AvgIpc) is 3.34. The van der Waals surface area contributed by atoms with Crippen LogP contribution in [0.15, 0.2) is 60.8 Å². The molecule has 0 aliphatic heterocycles. The smallest absolute Gasteiger partial charge is 0.306 e. The summed E-state index contributed by atoms with van der Waals surface area (Å²) in [5.74, 6) is -0.399. The first kappa shape index (κ1) is 65.6. The highest BCUT2D eigenvalue weighted by Crippen LogP contribution is 2.15. The van der Waals surface area contributed by atoms with Gasteiger partial charge in [-0.15, -0.1) is 0 Å². The molecule has 0 aromatic rings. The van der Waals surface area contributed by atoms with Gasteiger partial charge in [0.1, 0.15) is 6.61 Å². The molecule has 1 atom stereocenters. The number of rotatable bonds is 55. The lowest BCUT2D eigenvalue weighted by Crippen LogP contribution is -2.30. The lowest BCUT2D eigenvalue weighted by Gasteiger charge is -2.18. The van der Waals surface area contributed by atoms with Crippen LogP contribution in [0.5, 0.6) is 0 Å². The van der Waals surface area contributed by atoms with Crippen LogP contribution in [0.3, 0.4) is 0 Å². The van der Waals surface area contributed by atoms with E-state index in [0.717, 1.165) is 64.2 Å². The maximum atomic E-state index is 12.9. The molecule has 0 aliphatic carbocycles. The Balaban J connectivity index is 4.28. The van der Waals surface area contributed by atoms with Gasteiger partial charge in [-0.05, 0) is 103 Å². The Morgan fingerprint density at radius 2 is 0.662 bits per heavy atom. The standard InChI is InChI=1S/C63H114O5/c1-4-7-10-13-16-19-22-25-28-31-34-37-40-43-46-49-52-55-58-66-59-61(68-63(65)57-54-51-48-45-42-39-36-33-30-27-24-21-18-15-12-9-6-3)60-67-62(64)56-53-50-47-44-41-38-35-32-29-26-23-20-17-14-11-8-5-2/h7,10,16,19,25-30,61H,4-6,8-9,11-15,17-18,20-24,31-60H2,1-3H3/b10-7-,19-16-,28-25-,29-26-,30-27-. The normalized spacial score (nSPS) is 12.6. The summed E-state index contributed by atoms with van der Waals surface area (Å²) >= 11 is 0. The van der Waals surface area contributed by atoms with Gasteiger partial charge < -0.3 is 14.2 Å². The number of carbonyl (C=O) groups is 2. The van der Waals surface area contributed by atoms with Crippen molar-refractivity contribution in [3.05, 3.63) is 60.8 Å². The second-order valence-corrected chi connectivity index (χ2v) is 19.9. The molecule has 0 fully saturated rings. The van der Waals surface area contributed by atoms with E-state index < -0.39 is 6.10 Å². The predicted octanol–water partition coefficient (Wildman–Crippen LogP) is 20.5. The monoisotopic (exact) mass is 951 g/mol. The molecule has 0 aliphatic rings. The topological polar surface area (TPSA) is 61.8 Å². The molecule has 5 nitrogen and oxygen atoms in total. The van der Waals surface area contributed by atoms with Crippen LogP contribution in [-0.2, 0) is 23.8 Å². The summed E-state index contributed by atoms with van der Waals surface area (Å²) in [4.78, 5) is 25.6. The Kier molecular flexibility index (Phi) is 56.8. The van der Waals surface area contributed by atoms with Gasteiger partial charge >= 0.3 is 11.9 Å². The molecule has 0 radical (unpaired) electrons. The Bertz CT molecular complexity index is 1170. The van der Waals surface area contributed by atoms with Gasteiger partial charge in [-0.3, -0.25) is 9.59 Å². The summed E-state index contributed by atoms with van der Waals surface area (Å²) < 4.78 is 17.5. The van der Waals surface area contributed by atoms with Crippen LogP contribution in [0.2, 0.25) is 0 Å². The van der Waals surface area contributed by atoms with Crippen LogP contribution >= 0.6 is 0 Å². The second-order valence-electron chi connectivity index (χ2n) is 19.9. The van der Waals surface area contributed by atoms with Crippen molar-refractivity contribution in [3.63, 3.8) is 0 Å². The molecular weight excluding hydrogens is 837 g/mol. The number of esters is 2. The SMILES string of the molecule is CC/C=C\C/C=C\C/C=C\CCCCCCCCCCOCC(COC(=O)CCCCCCCCC/C=C\CCCCCCCC)OC(=O)CCCCCCCCC/C=C\CCCCCCCC. The van der Waals surface area contributed by atoms with Gasteiger partial charge in [0.15, 0.2) is 6.10 Å². The molecule has 0 N–H and O–H groups in total. The number of hydrogen-bond donors (Lipinski definition) is 0. The van der Waals surface area contributed by atoms with Crippen molar-refractivity contribution in [1.29, 1.82) is 0 Å². The van der Waals surface area contributed by atoms with Crippen LogP contribution in [-0.4, -0.2) is 37.9 Å². The summed E-state index contributed by atoms with van der Waals surface area (Å²) in [6, 6.07) is 0. The Morgan fingerprint density at radius 1 is 0.338 bits per heavy atom. The molecule has 0 saturated heterocycles. The van der Waals surface area contributed by atoms with Gasteiger partial charge in [-0.1, -0.05) is 248 Å². The van der Waals surface area contributed by atoms with E-state index >= 15 is 0 Å². The quantitative estimate of drug-likeness (QED) is 0.0345. The highest BCUT2D eigenvalue weighted by Gasteiger charge is 2.17. The van der Waals surface area contributed by atoms with Gasteiger partial charge in [0, 0.05) is 19.4 Å². The predicted molar refractivity (Wildman–Crippen MR) is 298 cm³/mol. The molecule has 0 aromatic carbocycles. The molecule has 0 bridgehead atoms. The van der Waals surface area contributed by atoms with Crippen molar-refractivity contribution >= 4 is 11.9 Å². The van der Waals surface area contributed by atoms with Gasteiger partial charge in [-0.25, -0.2) is 0 Å². The zero-order valence-corrected chi connectivity index (χ0v) is 45.6. The number of allylic oxidation sites excluding steroid dienone is 10. The maximum absolute atomic E-state index is 12.9. The van der Waals surface area contributed by atoms with Crippen molar-refractivity contribution in [2.24, 2.45) is 0 Å². The first-order valence-electron chi connectivity index (χ1n) is 29.8. The molecule has 1 unspecified atom stereocenters. The van der Waals surface area contributed by atoms with Crippen molar-refractivity contribution < 1.29 is 23.8 Å². The number of unbranched alkanes of at least 4 members (excludes halogenated alkanes) is 34. The van der Waals surface area contributed by atoms with Crippen LogP contribution in [0.25, 0.3) is 0 Å². The fourth-order valence-electron chi connectivity index (χ4n) is 8.57. The van der Waals surface area contributed by atoms with Gasteiger partial charge in [0.05, 0.1) is 6.61 Å². The minimum Gasteiger partial charge on any atom is -0.462 e. The van der Waals surface area contributed by atoms with Crippen molar-refractivity contribution in [2.75, 3.05) is 19.8 Å². The lowest BCUT2D eigenvalue weighted by atomic mass is 10.1. The highest BCUT2D eigenvalue weighted by molar-refractivity contribution is 5.70. The zero-order chi connectivity index (χ0) is 49.2. The average molecular weight is 952 g/mol. The van der Waals surface area contributed by atoms with Crippen LogP contribution in [0.4, 0.5) is 0 Å². The Labute approximate surface area is 424 Å². The fraction of sp³-hybridized carbons (Fsp3) is 0.810. The second kappa shape index (κ2) is 58.9. The van der Waals surface area contributed by atoms with E-state index in [2.05, 4.69) is 81.5 Å². The molecule has 5 heteroatoms. The van der Waals surface area contributed by atoms with E-state index in [1.54, 1.807) is 0 Å². The summed E-state index contributed by atoms with van der Waals surface area (Å²) in [7, 11) is 0. The van der Waals surface area contributed by atoms with E-state index in [4.69, 9.17) is 14.2 Å². The molecule has 68 heavy (non-hydrogen) atoms. The molecule has 0 heterocycles. The molecule has 396 valence electrons. The summed E-state index contributed by atoms with van der Waals surface area (Å²) in [5.41, 5.74) is 0. The highest BCUT2D eigenvalue weighted by atomic mass is 16.6. The molecule has 0 rings (SSSR count). The van der Waals surface area contributed by atoms with Gasteiger partial charge in [-0.2, -0.15) is 0 Å². The molecule has 0 aromatic heterocycles. The lowest BCUT2D eigenvalue weighted by molar-refractivity contribution is -0.163. The fourth-order valence-corrected chi connectivity index (χ4v) is 8.57. The maximum Gasteiger partial charge on any atom is 0.306 e. The van der Waals surface area contributed by atoms with E-state index in [1.165, 1.54) is 205 Å². The van der Waals surface area contributed by atoms with Gasteiger partial charge in [0.25, 0.3) is 0 Å². The summed E-state index contributed by atoms with van der Waals surface area (Å²) in [6.07, 6.45) is 75.3. The largest absolute Gasteiger partial charge is 0.462 e. The zero-order valence-electron chi connectivity index (χ0n) is 45.6. The number of carbonyl (C=O) groups excluding carboxylic acids is 2. The van der Waals surface area contributed by atoms with E-state index in [0.29, 0.717) is 19.4 Å². The third-order valence-electron chi connectivity index (χ3n) is 13.0. The van der Waals surface area contributed by atoms with E-state index in [-0.39, 0.29) is 25.2 Å². The van der Waals surface area contributed by atoms with Crippen molar-refractivity contribution in [2.45, 2.75) is 309 Å². The minimum absolute atomic E-state index is 0.0794. The van der Waals surface area contributed by atoms with Crippen molar-refractivity contribution in [1.82, 2.24) is 0 Å². The Hall–Kier alpha value is -2.40. The first-order valence-corrected chi connectivity index (χ1v) is 29.8. The Morgan fingerprint density at radius 3 is 1.07 bits per heavy atom. The minimum atomic E-state index is -0.545. The molecule has 0 spiro atoms. The third-order valence-corrected chi connectivity index (χ3v) is 13.0. The van der Waals surface area contributed by atoms with E-state index in [1.807, 2.05) is 0 Å². The third kappa shape index (κ3) is 56.2.